The molecule has 0 aromatic rings. The second-order valence-electron chi connectivity index (χ2n) is 9.50. The highest BCUT2D eigenvalue weighted by molar-refractivity contribution is 5.25. The van der Waals surface area contributed by atoms with Crippen LogP contribution in [0.3, 0.4) is 0 Å². The van der Waals surface area contributed by atoms with Crippen LogP contribution in [0, 0.1) is 34.0 Å². The molecule has 0 heteroatoms. The van der Waals surface area contributed by atoms with E-state index in [4.69, 9.17) is 0 Å². The normalized spacial score (nSPS) is 53.0. The highest BCUT2D eigenvalue weighted by atomic mass is 14.7. The van der Waals surface area contributed by atoms with Gasteiger partial charge in [0.2, 0.25) is 0 Å². The topological polar surface area (TPSA) is 0 Å². The summed E-state index contributed by atoms with van der Waals surface area (Å²) in [5.41, 5.74) is 3.70. The van der Waals surface area contributed by atoms with E-state index in [-0.39, 0.29) is 0 Å². The largest absolute Gasteiger partial charge is 0.0850 e. The summed E-state index contributed by atoms with van der Waals surface area (Å²) < 4.78 is 0. The molecule has 4 rings (SSSR count). The molecule has 0 nitrogen and oxygen atoms in total. The van der Waals surface area contributed by atoms with Crippen LogP contribution in [0.4, 0.5) is 0 Å². The van der Waals surface area contributed by atoms with Gasteiger partial charge in [0.25, 0.3) is 0 Å². The standard InChI is InChI=1S/C20H32/c1-14-6-7-17-19(4)11-5-10-18(2,3)16(19)9-13-20(17)12-8-15(14)20/h6,15-17H,5,7-13H2,1-4H3/t15-,16+,17-,19?,20?/m1/s1. The van der Waals surface area contributed by atoms with Crippen molar-refractivity contribution in [3.8, 4) is 0 Å². The van der Waals surface area contributed by atoms with Crippen molar-refractivity contribution in [1.29, 1.82) is 0 Å². The van der Waals surface area contributed by atoms with E-state index in [1.54, 1.807) is 5.57 Å². The summed E-state index contributed by atoms with van der Waals surface area (Å²) in [5.74, 6) is 2.94. The molecule has 0 aromatic carbocycles. The second kappa shape index (κ2) is 3.93. The number of hydrogen-bond donors (Lipinski definition) is 0. The Hall–Kier alpha value is -0.260. The Balaban J connectivity index is 1.76. The van der Waals surface area contributed by atoms with Crippen LogP contribution in [0.15, 0.2) is 11.6 Å². The Morgan fingerprint density at radius 2 is 1.70 bits per heavy atom. The van der Waals surface area contributed by atoms with Crippen molar-refractivity contribution in [2.24, 2.45) is 34.0 Å². The van der Waals surface area contributed by atoms with Gasteiger partial charge in [-0.2, -0.15) is 0 Å². The van der Waals surface area contributed by atoms with Gasteiger partial charge in [0.15, 0.2) is 0 Å². The van der Waals surface area contributed by atoms with E-state index in [1.165, 1.54) is 51.4 Å². The first-order valence-corrected chi connectivity index (χ1v) is 9.07. The minimum absolute atomic E-state index is 0.587. The van der Waals surface area contributed by atoms with Crippen molar-refractivity contribution < 1.29 is 0 Å². The zero-order chi connectivity index (χ0) is 14.2. The van der Waals surface area contributed by atoms with E-state index in [1.807, 2.05) is 0 Å². The van der Waals surface area contributed by atoms with Crippen molar-refractivity contribution in [3.63, 3.8) is 0 Å². The van der Waals surface area contributed by atoms with Crippen LogP contribution in [0.2, 0.25) is 0 Å². The molecule has 3 fully saturated rings. The van der Waals surface area contributed by atoms with Crippen LogP contribution in [-0.2, 0) is 0 Å². The van der Waals surface area contributed by atoms with E-state index in [9.17, 15) is 0 Å². The lowest BCUT2D eigenvalue weighted by Gasteiger charge is -2.69. The third-order valence-corrected chi connectivity index (χ3v) is 8.48. The molecule has 0 aromatic heterocycles. The lowest BCUT2D eigenvalue weighted by molar-refractivity contribution is -0.183. The first-order valence-electron chi connectivity index (χ1n) is 9.07. The van der Waals surface area contributed by atoms with Crippen molar-refractivity contribution in [2.75, 3.05) is 0 Å². The van der Waals surface area contributed by atoms with Crippen LogP contribution in [-0.4, -0.2) is 0 Å². The van der Waals surface area contributed by atoms with Crippen molar-refractivity contribution in [3.05, 3.63) is 11.6 Å². The van der Waals surface area contributed by atoms with Gasteiger partial charge >= 0.3 is 0 Å². The Morgan fingerprint density at radius 3 is 2.40 bits per heavy atom. The molecule has 0 bridgehead atoms. The molecule has 4 aliphatic carbocycles. The lowest BCUT2D eigenvalue weighted by Crippen LogP contribution is -2.61. The zero-order valence-corrected chi connectivity index (χ0v) is 14.0. The van der Waals surface area contributed by atoms with Crippen LogP contribution >= 0.6 is 0 Å². The van der Waals surface area contributed by atoms with Gasteiger partial charge in [0, 0.05) is 0 Å². The van der Waals surface area contributed by atoms with Crippen molar-refractivity contribution in [1.82, 2.24) is 0 Å². The third-order valence-electron chi connectivity index (χ3n) is 8.48. The fourth-order valence-electron chi connectivity index (χ4n) is 7.55. The smallest absolute Gasteiger partial charge is 0.0146 e. The molecule has 2 unspecified atom stereocenters. The van der Waals surface area contributed by atoms with Crippen LogP contribution in [0.1, 0.15) is 79.1 Å². The highest BCUT2D eigenvalue weighted by Gasteiger charge is 2.64. The summed E-state index contributed by atoms with van der Waals surface area (Å²) >= 11 is 0. The Kier molecular flexibility index (Phi) is 2.63. The van der Waals surface area contributed by atoms with Crippen molar-refractivity contribution in [2.45, 2.75) is 79.1 Å². The maximum atomic E-state index is 2.69. The number of fused-ring (bicyclic) bond motifs is 2. The monoisotopic (exact) mass is 272 g/mol. The summed E-state index contributed by atoms with van der Waals surface area (Å²) in [6, 6.07) is 0. The van der Waals surface area contributed by atoms with Gasteiger partial charge < -0.3 is 0 Å². The van der Waals surface area contributed by atoms with Crippen LogP contribution < -0.4 is 0 Å². The Labute approximate surface area is 125 Å². The molecule has 0 heterocycles. The van der Waals surface area contributed by atoms with Gasteiger partial charge in [-0.15, -0.1) is 0 Å². The molecule has 0 amide bonds. The summed E-state index contributed by atoms with van der Waals surface area (Å²) in [7, 11) is 0. The summed E-state index contributed by atoms with van der Waals surface area (Å²) in [6.07, 6.45) is 14.5. The molecular weight excluding hydrogens is 240 g/mol. The van der Waals surface area contributed by atoms with Gasteiger partial charge in [-0.25, -0.2) is 0 Å². The second-order valence-corrected chi connectivity index (χ2v) is 9.50. The fourth-order valence-corrected chi connectivity index (χ4v) is 7.55. The first kappa shape index (κ1) is 13.4. The van der Waals surface area contributed by atoms with Crippen LogP contribution in [0.5, 0.6) is 0 Å². The molecule has 1 spiro atoms. The minimum Gasteiger partial charge on any atom is -0.0850 e. The predicted octanol–water partition coefficient (Wildman–Crippen LogP) is 5.98. The maximum absolute atomic E-state index is 2.69. The predicted molar refractivity (Wildman–Crippen MR) is 85.5 cm³/mol. The molecule has 5 atom stereocenters. The summed E-state index contributed by atoms with van der Waals surface area (Å²) in [6.45, 7) is 10.2. The zero-order valence-electron chi connectivity index (χ0n) is 14.0. The summed E-state index contributed by atoms with van der Waals surface area (Å²) in [5, 5.41) is 0. The Morgan fingerprint density at radius 1 is 0.950 bits per heavy atom. The minimum atomic E-state index is 0.587. The highest BCUT2D eigenvalue weighted by Crippen LogP contribution is 2.73. The molecule has 3 saturated carbocycles. The van der Waals surface area contributed by atoms with Gasteiger partial charge in [0.05, 0.1) is 0 Å². The number of allylic oxidation sites excluding steroid dienone is 2. The first-order chi connectivity index (χ1) is 9.40. The van der Waals surface area contributed by atoms with E-state index in [0.29, 0.717) is 10.8 Å². The van der Waals surface area contributed by atoms with Crippen LogP contribution in [0.25, 0.3) is 0 Å². The van der Waals surface area contributed by atoms with Gasteiger partial charge in [-0.1, -0.05) is 38.8 Å². The molecule has 112 valence electrons. The molecular formula is C20H32. The molecule has 0 aliphatic heterocycles. The van der Waals surface area contributed by atoms with E-state index >= 15 is 0 Å². The maximum Gasteiger partial charge on any atom is -0.0146 e. The molecule has 0 saturated heterocycles. The van der Waals surface area contributed by atoms with E-state index in [2.05, 4.69) is 33.8 Å². The van der Waals surface area contributed by atoms with Crippen molar-refractivity contribution >= 4 is 0 Å². The van der Waals surface area contributed by atoms with Gasteiger partial charge in [-0.3, -0.25) is 0 Å². The fraction of sp³-hybridized carbons (Fsp3) is 0.900. The van der Waals surface area contributed by atoms with Gasteiger partial charge in [-0.05, 0) is 85.9 Å². The molecule has 20 heavy (non-hydrogen) atoms. The average molecular weight is 272 g/mol. The SMILES string of the molecule is CC1=CC[C@@H]2C3(C)CCCC(C)(C)[C@@H]3CCC23CC[C@H]13. The molecule has 0 N–H and O–H groups in total. The third kappa shape index (κ3) is 1.44. The Bertz CT molecular complexity index is 457. The van der Waals surface area contributed by atoms with E-state index in [0.717, 1.165) is 23.2 Å². The van der Waals surface area contributed by atoms with E-state index < -0.39 is 0 Å². The quantitative estimate of drug-likeness (QED) is 0.476. The molecule has 4 aliphatic rings. The lowest BCUT2D eigenvalue weighted by atomic mass is 9.35. The average Bonchev–Trinajstić information content (AvgIpc) is 2.32. The number of rotatable bonds is 0. The van der Waals surface area contributed by atoms with Gasteiger partial charge in [0.1, 0.15) is 0 Å². The summed E-state index contributed by atoms with van der Waals surface area (Å²) in [4.78, 5) is 0. The molecule has 0 radical (unpaired) electrons. The number of hydrogen-bond acceptors (Lipinski definition) is 0.